The highest BCUT2D eigenvalue weighted by Crippen LogP contribution is 2.31. The molecule has 3 aromatic rings. The van der Waals surface area contributed by atoms with E-state index in [1.54, 1.807) is 0 Å². The van der Waals surface area contributed by atoms with Gasteiger partial charge in [-0.1, -0.05) is 24.3 Å². The summed E-state index contributed by atoms with van der Waals surface area (Å²) in [4.78, 5) is 17.7. The summed E-state index contributed by atoms with van der Waals surface area (Å²) in [7, 11) is 2.22. The van der Waals surface area contributed by atoms with Crippen LogP contribution in [0.2, 0.25) is 0 Å². The lowest BCUT2D eigenvalue weighted by atomic mass is 9.99. The van der Waals surface area contributed by atoms with Gasteiger partial charge in [0.25, 0.3) is 5.56 Å². The molecule has 0 radical (unpaired) electrons. The third kappa shape index (κ3) is 4.80. The number of hydrogen-bond donors (Lipinski definition) is 0. The van der Waals surface area contributed by atoms with E-state index >= 15 is 0 Å². The van der Waals surface area contributed by atoms with Gasteiger partial charge in [0, 0.05) is 31.2 Å². The largest absolute Gasteiger partial charge is 0.486 e. The van der Waals surface area contributed by atoms with Gasteiger partial charge >= 0.3 is 0 Å². The molecule has 2 aliphatic heterocycles. The molecule has 5 rings (SSSR count). The van der Waals surface area contributed by atoms with Crippen LogP contribution >= 0.6 is 0 Å². The molecule has 6 nitrogen and oxygen atoms in total. The summed E-state index contributed by atoms with van der Waals surface area (Å²) >= 11 is 0. The Kier molecular flexibility index (Phi) is 6.42. The summed E-state index contributed by atoms with van der Waals surface area (Å²) in [5, 5.41) is 1.13. The lowest BCUT2D eigenvalue weighted by Crippen LogP contribution is -2.44. The van der Waals surface area contributed by atoms with Crippen LogP contribution in [-0.4, -0.2) is 61.1 Å². The van der Waals surface area contributed by atoms with Crippen LogP contribution in [0.4, 0.5) is 0 Å². The Morgan fingerprint density at radius 3 is 2.58 bits per heavy atom. The molecule has 7 heteroatoms. The Hall–Kier alpha value is -2.77. The van der Waals surface area contributed by atoms with Crippen molar-refractivity contribution < 1.29 is 9.47 Å². The van der Waals surface area contributed by atoms with Crippen molar-refractivity contribution in [1.29, 1.82) is 0 Å². The number of benzene rings is 2. The van der Waals surface area contributed by atoms with Crippen molar-refractivity contribution >= 4 is 18.9 Å². The number of para-hydroxylation sites is 1. The summed E-state index contributed by atoms with van der Waals surface area (Å²) < 4.78 is 13.3. The van der Waals surface area contributed by atoms with Crippen LogP contribution in [0, 0.1) is 6.92 Å². The van der Waals surface area contributed by atoms with Crippen molar-refractivity contribution in [2.75, 3.05) is 32.8 Å². The average Bonchev–Trinajstić information content (AvgIpc) is 2.84. The van der Waals surface area contributed by atoms with Crippen molar-refractivity contribution in [3.05, 3.63) is 70.0 Å². The van der Waals surface area contributed by atoms with E-state index in [0.717, 1.165) is 73.5 Å². The van der Waals surface area contributed by atoms with Crippen LogP contribution in [0.15, 0.2) is 53.3 Å². The second-order valence-corrected chi connectivity index (χ2v) is 9.31. The van der Waals surface area contributed by atoms with E-state index < -0.39 is 0 Å². The molecule has 0 unspecified atom stereocenters. The zero-order chi connectivity index (χ0) is 22.8. The van der Waals surface area contributed by atoms with E-state index in [0.29, 0.717) is 19.3 Å². The van der Waals surface area contributed by atoms with Crippen LogP contribution in [0.3, 0.4) is 0 Å². The van der Waals surface area contributed by atoms with E-state index in [9.17, 15) is 4.79 Å². The maximum Gasteiger partial charge on any atom is 0.253 e. The standard InChI is InChI=1S/C26H32BN3O3/c1-19-16-21-4-2-3-5-23(21)29(26(19)31)13-12-28-10-8-22(9-11-28)30(27)18-20-6-7-24-25(17-20)33-15-14-32-24/h2-7,16-17,22H,8-15,18,27H2,1H3. The van der Waals surface area contributed by atoms with Gasteiger partial charge < -0.3 is 23.8 Å². The van der Waals surface area contributed by atoms with Crippen LogP contribution < -0.4 is 15.0 Å². The van der Waals surface area contributed by atoms with Gasteiger partial charge in [0.2, 0.25) is 0 Å². The molecule has 2 aliphatic rings. The fourth-order valence-electron chi connectivity index (χ4n) is 5.12. The maximum absolute atomic E-state index is 12.8. The van der Waals surface area contributed by atoms with Crippen LogP contribution in [0.5, 0.6) is 11.5 Å². The molecule has 0 atom stereocenters. The highest BCUT2D eigenvalue weighted by Gasteiger charge is 2.23. The van der Waals surface area contributed by atoms with Gasteiger partial charge in [0.05, 0.1) is 5.52 Å². The minimum absolute atomic E-state index is 0.128. The van der Waals surface area contributed by atoms with Crippen LogP contribution in [0.1, 0.15) is 24.0 Å². The van der Waals surface area contributed by atoms with Crippen molar-refractivity contribution in [1.82, 2.24) is 14.3 Å². The van der Waals surface area contributed by atoms with Gasteiger partial charge in [-0.15, -0.1) is 0 Å². The molecule has 1 saturated heterocycles. The third-order valence-corrected chi connectivity index (χ3v) is 7.04. The van der Waals surface area contributed by atoms with E-state index in [2.05, 4.69) is 42.0 Å². The van der Waals surface area contributed by atoms with Crippen LogP contribution in [-0.2, 0) is 13.1 Å². The lowest BCUT2D eigenvalue weighted by molar-refractivity contribution is 0.153. The molecular weight excluding hydrogens is 413 g/mol. The zero-order valence-electron chi connectivity index (χ0n) is 19.6. The van der Waals surface area contributed by atoms with Gasteiger partial charge in [-0.2, -0.15) is 0 Å². The van der Waals surface area contributed by atoms with Crippen molar-refractivity contribution in [2.45, 2.75) is 38.9 Å². The third-order valence-electron chi connectivity index (χ3n) is 7.04. The van der Waals surface area contributed by atoms with Gasteiger partial charge in [-0.25, -0.2) is 0 Å². The van der Waals surface area contributed by atoms with Gasteiger partial charge in [-0.05, 0) is 68.1 Å². The van der Waals surface area contributed by atoms with E-state index in [1.165, 1.54) is 5.56 Å². The smallest absolute Gasteiger partial charge is 0.253 e. The first-order valence-corrected chi connectivity index (χ1v) is 12.0. The minimum atomic E-state index is 0.128. The second kappa shape index (κ2) is 9.61. The predicted molar refractivity (Wildman–Crippen MR) is 134 cm³/mol. The average molecular weight is 445 g/mol. The molecule has 172 valence electrons. The summed E-state index contributed by atoms with van der Waals surface area (Å²) in [5.41, 5.74) is 3.23. The van der Waals surface area contributed by atoms with Crippen LogP contribution in [0.25, 0.3) is 10.9 Å². The Balaban J connectivity index is 1.16. The monoisotopic (exact) mass is 445 g/mol. The first-order valence-electron chi connectivity index (χ1n) is 12.0. The topological polar surface area (TPSA) is 46.9 Å². The Labute approximate surface area is 196 Å². The lowest BCUT2D eigenvalue weighted by Gasteiger charge is -2.37. The SMILES string of the molecule is BN(Cc1ccc2c(c1)OCCO2)C1CCN(CCn2c(=O)c(C)cc3ccccc32)CC1. The summed E-state index contributed by atoms with van der Waals surface area (Å²) in [6.45, 7) is 7.84. The minimum Gasteiger partial charge on any atom is -0.486 e. The van der Waals surface area contributed by atoms with Gasteiger partial charge in [0.1, 0.15) is 13.2 Å². The van der Waals surface area contributed by atoms with Gasteiger partial charge in [0.15, 0.2) is 19.5 Å². The van der Waals surface area contributed by atoms with E-state index in [-0.39, 0.29) is 5.56 Å². The number of likely N-dealkylation sites (tertiary alicyclic amines) is 1. The first-order chi connectivity index (χ1) is 16.1. The molecule has 0 bridgehead atoms. The number of hydrogen-bond acceptors (Lipinski definition) is 5. The molecule has 0 amide bonds. The number of aryl methyl sites for hydroxylation is 1. The number of piperidine rings is 1. The fourth-order valence-corrected chi connectivity index (χ4v) is 5.12. The number of fused-ring (bicyclic) bond motifs is 2. The fraction of sp³-hybridized carbons (Fsp3) is 0.423. The number of ether oxygens (including phenoxy) is 2. The van der Waals surface area contributed by atoms with Crippen molar-refractivity contribution in [2.24, 2.45) is 0 Å². The van der Waals surface area contributed by atoms with Gasteiger partial charge in [-0.3, -0.25) is 4.79 Å². The molecular formula is C26H32BN3O3. The number of aromatic nitrogens is 1. The highest BCUT2D eigenvalue weighted by molar-refractivity contribution is 6.04. The van der Waals surface area contributed by atoms with Crippen molar-refractivity contribution in [3.63, 3.8) is 0 Å². The first kappa shape index (κ1) is 22.0. The highest BCUT2D eigenvalue weighted by atomic mass is 16.6. The summed E-state index contributed by atoms with van der Waals surface area (Å²) in [5.74, 6) is 1.71. The molecule has 0 N–H and O–H groups in total. The zero-order valence-corrected chi connectivity index (χ0v) is 19.6. The Morgan fingerprint density at radius 2 is 1.76 bits per heavy atom. The van der Waals surface area contributed by atoms with Crippen molar-refractivity contribution in [3.8, 4) is 11.5 Å². The normalized spacial score (nSPS) is 17.0. The maximum atomic E-state index is 12.8. The molecule has 2 aromatic carbocycles. The molecule has 3 heterocycles. The number of nitrogens with zero attached hydrogens (tertiary/aromatic N) is 3. The van der Waals surface area contributed by atoms with E-state index in [4.69, 9.17) is 9.47 Å². The predicted octanol–water partition coefficient (Wildman–Crippen LogP) is 2.60. The molecule has 0 saturated carbocycles. The second-order valence-electron chi connectivity index (χ2n) is 9.31. The van der Waals surface area contributed by atoms with E-state index in [1.807, 2.05) is 35.8 Å². The molecule has 1 aromatic heterocycles. The molecule has 0 spiro atoms. The Bertz CT molecular complexity index is 1190. The number of rotatable bonds is 6. The molecule has 33 heavy (non-hydrogen) atoms. The Morgan fingerprint density at radius 1 is 1.00 bits per heavy atom. The summed E-state index contributed by atoms with van der Waals surface area (Å²) in [6, 6.07) is 17.0. The molecule has 1 fully saturated rings. The number of pyridine rings is 1. The molecule has 0 aliphatic carbocycles. The summed E-state index contributed by atoms with van der Waals surface area (Å²) in [6.07, 6.45) is 2.29. The quantitative estimate of drug-likeness (QED) is 0.546.